The zero-order valence-corrected chi connectivity index (χ0v) is 10.6. The van der Waals surface area contributed by atoms with Crippen molar-refractivity contribution in [3.8, 4) is 0 Å². The molecule has 0 atom stereocenters. The number of aldehydes is 1. The van der Waals surface area contributed by atoms with Gasteiger partial charge in [-0.2, -0.15) is 0 Å². The van der Waals surface area contributed by atoms with Crippen molar-refractivity contribution in [2.75, 3.05) is 0 Å². The third-order valence-corrected chi connectivity index (χ3v) is 3.13. The van der Waals surface area contributed by atoms with E-state index in [4.69, 9.17) is 0 Å². The summed E-state index contributed by atoms with van der Waals surface area (Å²) in [6, 6.07) is 3.68. The number of rotatable bonds is 2. The summed E-state index contributed by atoms with van der Waals surface area (Å²) >= 11 is 6.90. The predicted octanol–water partition coefficient (Wildman–Crippen LogP) is 4.15. The molecule has 13 heavy (non-hydrogen) atoms. The van der Waals surface area contributed by atoms with Crippen LogP contribution in [0.3, 0.4) is 0 Å². The van der Waals surface area contributed by atoms with Gasteiger partial charge in [-0.15, -0.1) is 0 Å². The zero-order valence-electron chi connectivity index (χ0n) is 7.47. The second-order valence-electron chi connectivity index (χ2n) is 3.17. The van der Waals surface area contributed by atoms with Crippen LogP contribution in [0.4, 0.5) is 0 Å². The molecule has 1 rings (SSSR count). The fourth-order valence-electron chi connectivity index (χ4n) is 1.22. The Morgan fingerprint density at radius 3 is 2.00 bits per heavy atom. The Bertz CT molecular complexity index is 309. The summed E-state index contributed by atoms with van der Waals surface area (Å²) in [5, 5.41) is 0. The van der Waals surface area contributed by atoms with Gasteiger partial charge in [-0.1, -0.05) is 45.7 Å². The molecule has 0 N–H and O–H groups in total. The molecule has 70 valence electrons. The van der Waals surface area contributed by atoms with Crippen LogP contribution < -0.4 is 0 Å². The van der Waals surface area contributed by atoms with Gasteiger partial charge in [0.1, 0.15) is 6.29 Å². The molecule has 0 aliphatic carbocycles. The molecule has 1 aromatic carbocycles. The van der Waals surface area contributed by atoms with E-state index in [0.717, 1.165) is 15.2 Å². The molecule has 1 aromatic rings. The van der Waals surface area contributed by atoms with Crippen LogP contribution in [-0.4, -0.2) is 6.29 Å². The molecule has 0 fully saturated rings. The minimum atomic E-state index is 0.435. The van der Waals surface area contributed by atoms with E-state index in [9.17, 15) is 4.79 Å². The molecule has 0 aliphatic rings. The summed E-state index contributed by atoms with van der Waals surface area (Å²) in [6.07, 6.45) is 0.847. The third-order valence-electron chi connectivity index (χ3n) is 1.81. The fourth-order valence-corrected chi connectivity index (χ4v) is 3.36. The van der Waals surface area contributed by atoms with Crippen LogP contribution in [-0.2, 0) is 0 Å². The molecule has 0 bridgehead atoms. The standard InChI is InChI=1S/C10H10Br2O/c1-6(2)10-8(11)3-7(5-13)4-9(10)12/h3-6H,1-2H3. The Kier molecular flexibility index (Phi) is 3.68. The van der Waals surface area contributed by atoms with E-state index < -0.39 is 0 Å². The quantitative estimate of drug-likeness (QED) is 0.750. The largest absolute Gasteiger partial charge is 0.298 e. The van der Waals surface area contributed by atoms with E-state index in [1.54, 1.807) is 0 Å². The molecule has 3 heteroatoms. The second kappa shape index (κ2) is 4.38. The average Bonchev–Trinajstić information content (AvgIpc) is 2.02. The molecule has 0 amide bonds. The van der Waals surface area contributed by atoms with E-state index >= 15 is 0 Å². The van der Waals surface area contributed by atoms with E-state index in [1.807, 2.05) is 12.1 Å². The highest BCUT2D eigenvalue weighted by molar-refractivity contribution is 9.11. The van der Waals surface area contributed by atoms with Crippen molar-refractivity contribution in [1.82, 2.24) is 0 Å². The third kappa shape index (κ3) is 2.41. The maximum atomic E-state index is 10.6. The van der Waals surface area contributed by atoms with Crippen molar-refractivity contribution in [2.24, 2.45) is 0 Å². The number of hydrogen-bond acceptors (Lipinski definition) is 1. The van der Waals surface area contributed by atoms with Gasteiger partial charge in [0.15, 0.2) is 0 Å². The van der Waals surface area contributed by atoms with E-state index in [0.29, 0.717) is 11.5 Å². The molecule has 0 heterocycles. The smallest absolute Gasteiger partial charge is 0.150 e. The number of hydrogen-bond donors (Lipinski definition) is 0. The zero-order chi connectivity index (χ0) is 10.0. The van der Waals surface area contributed by atoms with Crippen LogP contribution >= 0.6 is 31.9 Å². The van der Waals surface area contributed by atoms with Gasteiger partial charge in [-0.3, -0.25) is 4.79 Å². The van der Waals surface area contributed by atoms with Gasteiger partial charge >= 0.3 is 0 Å². The Morgan fingerprint density at radius 2 is 1.69 bits per heavy atom. The molecule has 1 nitrogen and oxygen atoms in total. The van der Waals surface area contributed by atoms with E-state index in [1.165, 1.54) is 5.56 Å². The second-order valence-corrected chi connectivity index (χ2v) is 4.88. The highest BCUT2D eigenvalue weighted by atomic mass is 79.9. The van der Waals surface area contributed by atoms with Crippen molar-refractivity contribution < 1.29 is 4.79 Å². The molecular formula is C10H10Br2O. The summed E-state index contributed by atoms with van der Waals surface area (Å²) in [5.41, 5.74) is 1.88. The van der Waals surface area contributed by atoms with Crippen molar-refractivity contribution >= 4 is 38.1 Å². The van der Waals surface area contributed by atoms with Crippen LogP contribution in [0.5, 0.6) is 0 Å². The van der Waals surface area contributed by atoms with Crippen LogP contribution in [0.15, 0.2) is 21.1 Å². The molecule has 0 radical (unpaired) electrons. The van der Waals surface area contributed by atoms with Crippen LogP contribution in [0.2, 0.25) is 0 Å². The number of benzene rings is 1. The van der Waals surface area contributed by atoms with Crippen LogP contribution in [0.1, 0.15) is 35.7 Å². The Morgan fingerprint density at radius 1 is 1.23 bits per heavy atom. The summed E-state index contributed by atoms with van der Waals surface area (Å²) in [7, 11) is 0. The molecule has 0 aliphatic heterocycles. The van der Waals surface area contributed by atoms with Gasteiger partial charge in [0.2, 0.25) is 0 Å². The first-order valence-corrected chi connectivity index (χ1v) is 5.59. The van der Waals surface area contributed by atoms with E-state index in [2.05, 4.69) is 45.7 Å². The first-order chi connectivity index (χ1) is 6.06. The monoisotopic (exact) mass is 304 g/mol. The molecular weight excluding hydrogens is 296 g/mol. The van der Waals surface area contributed by atoms with Crippen LogP contribution in [0, 0.1) is 0 Å². The van der Waals surface area contributed by atoms with E-state index in [-0.39, 0.29) is 0 Å². The molecule has 0 unspecified atom stereocenters. The maximum absolute atomic E-state index is 10.6. The summed E-state index contributed by atoms with van der Waals surface area (Å²) < 4.78 is 1.97. The number of carbonyl (C=O) groups is 1. The van der Waals surface area contributed by atoms with Crippen molar-refractivity contribution in [2.45, 2.75) is 19.8 Å². The highest BCUT2D eigenvalue weighted by Crippen LogP contribution is 2.32. The Labute approximate surface area is 94.8 Å². The normalized spacial score (nSPS) is 10.5. The Hall–Kier alpha value is -0.150. The Balaban J connectivity index is 3.31. The summed E-state index contributed by atoms with van der Waals surface area (Å²) in [6.45, 7) is 4.23. The van der Waals surface area contributed by atoms with Crippen LogP contribution in [0.25, 0.3) is 0 Å². The van der Waals surface area contributed by atoms with Gasteiger partial charge in [0, 0.05) is 14.5 Å². The van der Waals surface area contributed by atoms with Gasteiger partial charge in [0.25, 0.3) is 0 Å². The topological polar surface area (TPSA) is 17.1 Å². The van der Waals surface area contributed by atoms with Crippen molar-refractivity contribution in [3.63, 3.8) is 0 Å². The summed E-state index contributed by atoms with van der Waals surface area (Å²) in [5.74, 6) is 0.435. The first kappa shape index (κ1) is 10.9. The lowest BCUT2D eigenvalue weighted by atomic mass is 10.0. The lowest BCUT2D eigenvalue weighted by Gasteiger charge is -2.11. The maximum Gasteiger partial charge on any atom is 0.150 e. The van der Waals surface area contributed by atoms with Crippen molar-refractivity contribution in [1.29, 1.82) is 0 Å². The van der Waals surface area contributed by atoms with Gasteiger partial charge in [-0.25, -0.2) is 0 Å². The number of halogens is 2. The van der Waals surface area contributed by atoms with Gasteiger partial charge in [-0.05, 0) is 23.6 Å². The minimum absolute atomic E-state index is 0.435. The lowest BCUT2D eigenvalue weighted by molar-refractivity contribution is 0.112. The SMILES string of the molecule is CC(C)c1c(Br)cc(C=O)cc1Br. The molecule has 0 aromatic heterocycles. The average molecular weight is 306 g/mol. The molecule has 0 saturated heterocycles. The van der Waals surface area contributed by atoms with Crippen molar-refractivity contribution in [3.05, 3.63) is 32.2 Å². The fraction of sp³-hybridized carbons (Fsp3) is 0.300. The summed E-state index contributed by atoms with van der Waals surface area (Å²) in [4.78, 5) is 10.6. The van der Waals surface area contributed by atoms with Gasteiger partial charge in [0.05, 0.1) is 0 Å². The highest BCUT2D eigenvalue weighted by Gasteiger charge is 2.10. The minimum Gasteiger partial charge on any atom is -0.298 e. The molecule has 0 spiro atoms. The van der Waals surface area contributed by atoms with Gasteiger partial charge < -0.3 is 0 Å². The lowest BCUT2D eigenvalue weighted by Crippen LogP contribution is -1.93. The predicted molar refractivity (Wildman–Crippen MR) is 61.3 cm³/mol. The number of carbonyl (C=O) groups excluding carboxylic acids is 1. The molecule has 0 saturated carbocycles. The first-order valence-electron chi connectivity index (χ1n) is 4.00.